The number of morpholine rings is 1. The summed E-state index contributed by atoms with van der Waals surface area (Å²) < 4.78 is 6.01. The Hall–Kier alpha value is -1.92. The van der Waals surface area contributed by atoms with Gasteiger partial charge in [0.25, 0.3) is 0 Å². The van der Waals surface area contributed by atoms with Gasteiger partial charge in [-0.2, -0.15) is 0 Å². The zero-order valence-electron chi connectivity index (χ0n) is 15.2. The molecular weight excluding hydrogens is 332 g/mol. The second-order valence-electron chi connectivity index (χ2n) is 6.25. The van der Waals surface area contributed by atoms with E-state index in [1.165, 1.54) is 21.0 Å². The normalized spacial score (nSPS) is 18.4. The van der Waals surface area contributed by atoms with Crippen LogP contribution in [0.4, 0.5) is 0 Å². The minimum atomic E-state index is 0.0927. The van der Waals surface area contributed by atoms with E-state index in [1.54, 1.807) is 11.3 Å². The maximum Gasteiger partial charge on any atom is 0.193 e. The SMILES string of the molecule is CN=C(NCCc1ncc(C)s1)N1CCOC(c2ccccc2C)C1. The van der Waals surface area contributed by atoms with E-state index in [1.807, 2.05) is 13.2 Å². The number of aliphatic imine (C=N–C) groups is 1. The van der Waals surface area contributed by atoms with Gasteiger partial charge in [-0.05, 0) is 25.0 Å². The molecular formula is C19H26N4OS. The molecule has 0 aliphatic carbocycles. The molecule has 1 aliphatic heterocycles. The zero-order valence-corrected chi connectivity index (χ0v) is 16.0. The third kappa shape index (κ3) is 4.58. The highest BCUT2D eigenvalue weighted by atomic mass is 32.1. The molecule has 1 saturated heterocycles. The van der Waals surface area contributed by atoms with Gasteiger partial charge >= 0.3 is 0 Å². The minimum Gasteiger partial charge on any atom is -0.370 e. The molecule has 1 N–H and O–H groups in total. The van der Waals surface area contributed by atoms with Crippen LogP contribution in [0.25, 0.3) is 0 Å². The van der Waals surface area contributed by atoms with Gasteiger partial charge in [-0.1, -0.05) is 24.3 Å². The molecule has 5 nitrogen and oxygen atoms in total. The van der Waals surface area contributed by atoms with Gasteiger partial charge < -0.3 is 15.0 Å². The van der Waals surface area contributed by atoms with Crippen molar-refractivity contribution in [3.05, 3.63) is 51.5 Å². The second kappa shape index (κ2) is 8.45. The van der Waals surface area contributed by atoms with Crippen molar-refractivity contribution in [1.82, 2.24) is 15.2 Å². The van der Waals surface area contributed by atoms with Crippen molar-refractivity contribution < 1.29 is 4.74 Å². The van der Waals surface area contributed by atoms with Crippen LogP contribution in [0.1, 0.15) is 27.1 Å². The van der Waals surface area contributed by atoms with E-state index in [2.05, 4.69) is 58.3 Å². The van der Waals surface area contributed by atoms with E-state index in [9.17, 15) is 0 Å². The zero-order chi connectivity index (χ0) is 17.6. The van der Waals surface area contributed by atoms with Crippen LogP contribution >= 0.6 is 11.3 Å². The van der Waals surface area contributed by atoms with Crippen LogP contribution in [0.3, 0.4) is 0 Å². The number of nitrogens with zero attached hydrogens (tertiary/aromatic N) is 3. The van der Waals surface area contributed by atoms with Crippen LogP contribution < -0.4 is 5.32 Å². The molecule has 0 radical (unpaired) electrons. The topological polar surface area (TPSA) is 49.8 Å². The number of nitrogens with one attached hydrogen (secondary N) is 1. The van der Waals surface area contributed by atoms with E-state index in [0.29, 0.717) is 6.61 Å². The summed E-state index contributed by atoms with van der Waals surface area (Å²) in [7, 11) is 1.84. The van der Waals surface area contributed by atoms with Crippen molar-refractivity contribution in [2.45, 2.75) is 26.4 Å². The number of benzene rings is 1. The number of hydrogen-bond acceptors (Lipinski definition) is 4. The van der Waals surface area contributed by atoms with Gasteiger partial charge in [0.2, 0.25) is 0 Å². The summed E-state index contributed by atoms with van der Waals surface area (Å²) in [6, 6.07) is 8.44. The highest BCUT2D eigenvalue weighted by Gasteiger charge is 2.25. The molecule has 0 saturated carbocycles. The summed E-state index contributed by atoms with van der Waals surface area (Å²) in [5, 5.41) is 4.64. The molecule has 0 bridgehead atoms. The maximum absolute atomic E-state index is 6.01. The van der Waals surface area contributed by atoms with Crippen LogP contribution in [0.5, 0.6) is 0 Å². The van der Waals surface area contributed by atoms with E-state index in [-0.39, 0.29) is 6.10 Å². The first-order chi connectivity index (χ1) is 12.2. The lowest BCUT2D eigenvalue weighted by Crippen LogP contribution is -2.48. The smallest absolute Gasteiger partial charge is 0.193 e. The number of thiazole rings is 1. The largest absolute Gasteiger partial charge is 0.370 e. The van der Waals surface area contributed by atoms with Gasteiger partial charge in [0, 0.05) is 37.6 Å². The van der Waals surface area contributed by atoms with Gasteiger partial charge in [0.15, 0.2) is 5.96 Å². The van der Waals surface area contributed by atoms with Crippen molar-refractivity contribution in [2.24, 2.45) is 4.99 Å². The molecule has 0 spiro atoms. The molecule has 1 atom stereocenters. The Morgan fingerprint density at radius 3 is 2.96 bits per heavy atom. The Labute approximate surface area is 153 Å². The second-order valence-corrected chi connectivity index (χ2v) is 7.57. The van der Waals surface area contributed by atoms with Crippen LogP contribution in [-0.4, -0.2) is 49.1 Å². The Balaban J connectivity index is 1.58. The Morgan fingerprint density at radius 2 is 2.24 bits per heavy atom. The van der Waals surface area contributed by atoms with E-state index in [4.69, 9.17) is 4.74 Å². The van der Waals surface area contributed by atoms with Crippen molar-refractivity contribution in [1.29, 1.82) is 0 Å². The summed E-state index contributed by atoms with van der Waals surface area (Å²) in [6.45, 7) is 7.46. The molecule has 0 amide bonds. The van der Waals surface area contributed by atoms with Gasteiger partial charge in [-0.25, -0.2) is 4.98 Å². The first-order valence-electron chi connectivity index (χ1n) is 8.71. The van der Waals surface area contributed by atoms with Crippen molar-refractivity contribution >= 4 is 17.3 Å². The lowest BCUT2D eigenvalue weighted by Gasteiger charge is -2.35. The van der Waals surface area contributed by atoms with Crippen molar-refractivity contribution in [2.75, 3.05) is 33.3 Å². The lowest BCUT2D eigenvalue weighted by molar-refractivity contribution is -0.00829. The molecule has 2 aromatic rings. The fourth-order valence-electron chi connectivity index (χ4n) is 3.11. The van der Waals surface area contributed by atoms with E-state index >= 15 is 0 Å². The summed E-state index contributed by atoms with van der Waals surface area (Å²) in [5.74, 6) is 0.940. The minimum absolute atomic E-state index is 0.0927. The first-order valence-corrected chi connectivity index (χ1v) is 9.53. The molecule has 1 aromatic heterocycles. The predicted molar refractivity (Wildman–Crippen MR) is 103 cm³/mol. The van der Waals surface area contributed by atoms with Crippen LogP contribution in [0.15, 0.2) is 35.5 Å². The molecule has 1 aromatic carbocycles. The summed E-state index contributed by atoms with van der Waals surface area (Å²) in [5.41, 5.74) is 2.54. The highest BCUT2D eigenvalue weighted by Crippen LogP contribution is 2.24. The quantitative estimate of drug-likeness (QED) is 0.674. The lowest BCUT2D eigenvalue weighted by atomic mass is 10.0. The molecule has 1 unspecified atom stereocenters. The van der Waals surface area contributed by atoms with Gasteiger partial charge in [0.1, 0.15) is 6.10 Å². The Kier molecular flexibility index (Phi) is 6.04. The van der Waals surface area contributed by atoms with E-state index in [0.717, 1.165) is 32.0 Å². The number of hydrogen-bond donors (Lipinski definition) is 1. The highest BCUT2D eigenvalue weighted by molar-refractivity contribution is 7.11. The molecule has 2 heterocycles. The average Bonchev–Trinajstić information content (AvgIpc) is 3.04. The van der Waals surface area contributed by atoms with Crippen LogP contribution in [-0.2, 0) is 11.2 Å². The third-order valence-corrected chi connectivity index (χ3v) is 5.38. The number of ether oxygens (including phenoxy) is 1. The summed E-state index contributed by atoms with van der Waals surface area (Å²) in [6.07, 6.45) is 2.95. The van der Waals surface area contributed by atoms with E-state index < -0.39 is 0 Å². The Bertz CT molecular complexity index is 728. The number of aromatic nitrogens is 1. The van der Waals surface area contributed by atoms with Gasteiger partial charge in [0.05, 0.1) is 18.2 Å². The van der Waals surface area contributed by atoms with Gasteiger partial charge in [-0.3, -0.25) is 4.99 Å². The number of aryl methyl sites for hydroxylation is 2. The molecule has 1 aliphatic rings. The standard InChI is InChI=1S/C19H26N4OS/c1-14-6-4-5-7-16(14)17-13-23(10-11-24-17)19(20-3)21-9-8-18-22-12-15(2)25-18/h4-7,12,17H,8-11,13H2,1-3H3,(H,20,21). The van der Waals surface area contributed by atoms with Crippen molar-refractivity contribution in [3.63, 3.8) is 0 Å². The predicted octanol–water partition coefficient (Wildman–Crippen LogP) is 2.95. The summed E-state index contributed by atoms with van der Waals surface area (Å²) in [4.78, 5) is 12.4. The fourth-order valence-corrected chi connectivity index (χ4v) is 3.89. The van der Waals surface area contributed by atoms with Crippen molar-refractivity contribution in [3.8, 4) is 0 Å². The number of guanidine groups is 1. The number of rotatable bonds is 4. The monoisotopic (exact) mass is 358 g/mol. The van der Waals surface area contributed by atoms with Crippen LogP contribution in [0, 0.1) is 13.8 Å². The maximum atomic E-state index is 6.01. The van der Waals surface area contributed by atoms with Gasteiger partial charge in [-0.15, -0.1) is 11.3 Å². The molecule has 134 valence electrons. The molecule has 25 heavy (non-hydrogen) atoms. The molecule has 6 heteroatoms. The fraction of sp³-hybridized carbons (Fsp3) is 0.474. The first kappa shape index (κ1) is 17.9. The Morgan fingerprint density at radius 1 is 1.40 bits per heavy atom. The third-order valence-electron chi connectivity index (χ3n) is 4.40. The molecule has 1 fully saturated rings. The molecule has 3 rings (SSSR count). The average molecular weight is 359 g/mol. The van der Waals surface area contributed by atoms with Crippen LogP contribution in [0.2, 0.25) is 0 Å². The summed E-state index contributed by atoms with van der Waals surface area (Å²) >= 11 is 1.76.